The van der Waals surface area contributed by atoms with Crippen LogP contribution in [0.25, 0.3) is 0 Å². The molecule has 6 nitrogen and oxygen atoms in total. The number of carboxylic acid groups (broad SMARTS) is 1. The van der Waals surface area contributed by atoms with Gasteiger partial charge in [0.1, 0.15) is 12.1 Å². The molecule has 0 aromatic carbocycles. The summed E-state index contributed by atoms with van der Waals surface area (Å²) in [4.78, 5) is 21.4. The van der Waals surface area contributed by atoms with Crippen LogP contribution in [-0.2, 0) is 9.53 Å². The zero-order valence-corrected chi connectivity index (χ0v) is 9.57. The van der Waals surface area contributed by atoms with Crippen molar-refractivity contribution in [2.45, 2.75) is 44.9 Å². The number of carbonyl (C=O) groups excluding carboxylic acids is 2. The van der Waals surface area contributed by atoms with Gasteiger partial charge in [0.05, 0.1) is 12.1 Å². The van der Waals surface area contributed by atoms with Crippen LogP contribution < -0.4 is 10.4 Å². The average molecular weight is 254 g/mol. The molecule has 0 aromatic rings. The largest absolute Gasteiger partial charge is 0.547 e. The molecule has 0 aliphatic rings. The molecule has 0 saturated carbocycles. The summed E-state index contributed by atoms with van der Waals surface area (Å²) in [5.74, 6) is -5.75. The van der Waals surface area contributed by atoms with Gasteiger partial charge in [-0.3, -0.25) is 0 Å². The van der Waals surface area contributed by atoms with Gasteiger partial charge in [0.2, 0.25) is 0 Å². The molecule has 0 radical (unpaired) electrons. The fourth-order valence-corrected chi connectivity index (χ4v) is 0.994. The van der Waals surface area contributed by atoms with Crippen LogP contribution in [-0.4, -0.2) is 41.3 Å². The van der Waals surface area contributed by atoms with Crippen LogP contribution in [0.2, 0.25) is 0 Å². The lowest BCUT2D eigenvalue weighted by Crippen LogP contribution is -2.58. The molecular weight excluding hydrogens is 240 g/mol. The topological polar surface area (TPSA) is 98.7 Å². The highest BCUT2D eigenvalue weighted by Crippen LogP contribution is 2.20. The highest BCUT2D eigenvalue weighted by molar-refractivity contribution is 5.74. The first-order valence-corrected chi connectivity index (χ1v) is 4.79. The summed E-state index contributed by atoms with van der Waals surface area (Å²) < 4.78 is 30.4. The van der Waals surface area contributed by atoms with Crippen molar-refractivity contribution in [1.82, 2.24) is 5.32 Å². The minimum Gasteiger partial charge on any atom is -0.547 e. The van der Waals surface area contributed by atoms with E-state index < -0.39 is 36.2 Å². The number of amides is 1. The fraction of sp³-hybridized carbons (Fsp3) is 0.778. The lowest BCUT2D eigenvalue weighted by Gasteiger charge is -2.29. The molecule has 0 aliphatic carbocycles. The summed E-state index contributed by atoms with van der Waals surface area (Å²) in [5.41, 5.74) is 0. The molecule has 0 fully saturated rings. The maximum Gasteiger partial charge on any atom is 0.407 e. The summed E-state index contributed by atoms with van der Waals surface area (Å²) in [6.07, 6.45) is -4.34. The number of aliphatic hydroxyl groups excluding tert-OH is 1. The molecule has 0 unspecified atom stereocenters. The lowest BCUT2D eigenvalue weighted by atomic mass is 10.1. The first kappa shape index (κ1) is 15.6. The average Bonchev–Trinajstić information content (AvgIpc) is 2.09. The van der Waals surface area contributed by atoms with Crippen molar-refractivity contribution >= 4 is 12.1 Å². The molecule has 2 atom stereocenters. The number of alkyl halides is 2. The van der Waals surface area contributed by atoms with E-state index in [1.54, 1.807) is 5.32 Å². The minimum atomic E-state index is -3.64. The number of nitrogens with one attached hydrogen (secondary N) is 1. The van der Waals surface area contributed by atoms with E-state index in [9.17, 15) is 23.5 Å². The fourth-order valence-electron chi connectivity index (χ4n) is 0.994. The van der Waals surface area contributed by atoms with E-state index in [0.717, 1.165) is 0 Å². The molecule has 0 bridgehead atoms. The molecule has 1 amide bonds. The zero-order valence-electron chi connectivity index (χ0n) is 9.57. The molecule has 0 spiro atoms. The van der Waals surface area contributed by atoms with E-state index in [1.165, 1.54) is 13.8 Å². The van der Waals surface area contributed by atoms with Gasteiger partial charge in [0.25, 0.3) is 5.92 Å². The summed E-state index contributed by atoms with van der Waals surface area (Å²) >= 11 is 0. The number of alkyl carbamates (subject to hydrolysis) is 1. The highest BCUT2D eigenvalue weighted by atomic mass is 19.3. The van der Waals surface area contributed by atoms with Crippen LogP contribution in [0.5, 0.6) is 0 Å². The predicted molar refractivity (Wildman–Crippen MR) is 50.2 cm³/mol. The minimum absolute atomic E-state index is 0.361. The molecule has 0 rings (SSSR count). The Morgan fingerprint density at radius 2 is 1.88 bits per heavy atom. The molecule has 0 aliphatic heterocycles. The number of carboxylic acids is 1. The molecule has 0 aromatic heterocycles. The number of carbonyl (C=O) groups is 2. The number of rotatable bonds is 5. The van der Waals surface area contributed by atoms with E-state index in [1.807, 2.05) is 0 Å². The predicted octanol–water partition coefficient (Wildman–Crippen LogP) is -0.744. The normalized spacial score (nSPS) is 15.2. The number of aliphatic carboxylic acids is 1. The van der Waals surface area contributed by atoms with Gasteiger partial charge < -0.3 is 25.1 Å². The quantitative estimate of drug-likeness (QED) is 0.673. The Morgan fingerprint density at radius 3 is 2.18 bits per heavy atom. The van der Waals surface area contributed by atoms with Crippen molar-refractivity contribution in [2.75, 3.05) is 0 Å². The molecular formula is C9H14F2NO5-. The van der Waals surface area contributed by atoms with Gasteiger partial charge >= 0.3 is 6.09 Å². The maximum absolute atomic E-state index is 13.0. The van der Waals surface area contributed by atoms with Gasteiger partial charge in [-0.05, 0) is 13.8 Å². The monoisotopic (exact) mass is 254 g/mol. The third-order valence-corrected chi connectivity index (χ3v) is 1.72. The standard InChI is InChI=1S/C9H15F2NO5/c1-4(2)17-8(16)12-6(9(3,10)11)5(13)7(14)15/h4-6,13H,1-3H3,(H,12,16)(H,14,15)/p-1/t5-,6-/m1/s1. The summed E-state index contributed by atoms with van der Waals surface area (Å²) in [6.45, 7) is 3.32. The Hall–Kier alpha value is -1.44. The van der Waals surface area contributed by atoms with Gasteiger partial charge in [0.15, 0.2) is 0 Å². The van der Waals surface area contributed by atoms with E-state index in [4.69, 9.17) is 5.11 Å². The van der Waals surface area contributed by atoms with Crippen LogP contribution in [0.4, 0.5) is 13.6 Å². The maximum atomic E-state index is 13.0. The molecule has 0 heterocycles. The van der Waals surface area contributed by atoms with Crippen molar-refractivity contribution in [3.8, 4) is 0 Å². The Balaban J connectivity index is 4.73. The second-order valence-corrected chi connectivity index (χ2v) is 3.80. The summed E-state index contributed by atoms with van der Waals surface area (Å²) in [6, 6.07) is -2.32. The Bertz CT molecular complexity index is 290. The molecule has 17 heavy (non-hydrogen) atoms. The van der Waals surface area contributed by atoms with Gasteiger partial charge in [-0.2, -0.15) is 0 Å². The summed E-state index contributed by atoms with van der Waals surface area (Å²) in [7, 11) is 0. The van der Waals surface area contributed by atoms with E-state index >= 15 is 0 Å². The lowest BCUT2D eigenvalue weighted by molar-refractivity contribution is -0.318. The number of halogens is 2. The van der Waals surface area contributed by atoms with Crippen LogP contribution in [0.1, 0.15) is 20.8 Å². The number of hydrogen-bond acceptors (Lipinski definition) is 5. The van der Waals surface area contributed by atoms with Crippen LogP contribution in [0.15, 0.2) is 0 Å². The van der Waals surface area contributed by atoms with Gasteiger partial charge in [-0.15, -0.1) is 0 Å². The van der Waals surface area contributed by atoms with Crippen molar-refractivity contribution in [1.29, 1.82) is 0 Å². The van der Waals surface area contributed by atoms with Gasteiger partial charge in [0, 0.05) is 6.92 Å². The molecule has 2 N–H and O–H groups in total. The highest BCUT2D eigenvalue weighted by Gasteiger charge is 2.41. The SMILES string of the molecule is CC(C)OC(=O)N[C@H]([C@@H](O)C(=O)[O-])C(C)(F)F. The third-order valence-electron chi connectivity index (χ3n) is 1.72. The first-order chi connectivity index (χ1) is 7.55. The Kier molecular flexibility index (Phi) is 5.27. The molecule has 100 valence electrons. The smallest absolute Gasteiger partial charge is 0.407 e. The number of hydrogen-bond donors (Lipinski definition) is 2. The first-order valence-electron chi connectivity index (χ1n) is 4.79. The third kappa shape index (κ3) is 5.43. The van der Waals surface area contributed by atoms with Crippen molar-refractivity contribution in [2.24, 2.45) is 0 Å². The van der Waals surface area contributed by atoms with Crippen LogP contribution in [0.3, 0.4) is 0 Å². The van der Waals surface area contributed by atoms with Crippen LogP contribution >= 0.6 is 0 Å². The van der Waals surface area contributed by atoms with Crippen molar-refractivity contribution < 1.29 is 33.3 Å². The van der Waals surface area contributed by atoms with Gasteiger partial charge in [-0.25, -0.2) is 13.6 Å². The number of aliphatic hydroxyl groups is 1. The Morgan fingerprint density at radius 1 is 1.41 bits per heavy atom. The van der Waals surface area contributed by atoms with Crippen molar-refractivity contribution in [3.05, 3.63) is 0 Å². The Labute approximate surface area is 96.6 Å². The number of ether oxygens (including phenoxy) is 1. The second-order valence-electron chi connectivity index (χ2n) is 3.80. The van der Waals surface area contributed by atoms with E-state index in [2.05, 4.69) is 4.74 Å². The van der Waals surface area contributed by atoms with E-state index in [-0.39, 0.29) is 0 Å². The zero-order chi connectivity index (χ0) is 13.8. The van der Waals surface area contributed by atoms with Crippen molar-refractivity contribution in [3.63, 3.8) is 0 Å². The second kappa shape index (κ2) is 5.76. The summed E-state index contributed by atoms with van der Waals surface area (Å²) in [5, 5.41) is 20.9. The molecule has 0 saturated heterocycles. The van der Waals surface area contributed by atoms with E-state index in [0.29, 0.717) is 6.92 Å². The van der Waals surface area contributed by atoms with Gasteiger partial charge in [-0.1, -0.05) is 0 Å². The van der Waals surface area contributed by atoms with Crippen LogP contribution in [0, 0.1) is 0 Å². The molecule has 8 heteroatoms.